The number of nitriles is 1. The number of rotatable bonds is 3. The number of carbonyl (C=O) groups is 2. The van der Waals surface area contributed by atoms with E-state index in [4.69, 9.17) is 5.26 Å². The van der Waals surface area contributed by atoms with Gasteiger partial charge in [-0.05, 0) is 42.5 Å². The molecule has 0 aliphatic carbocycles. The third-order valence-corrected chi connectivity index (χ3v) is 2.81. The molecule has 2 N–H and O–H groups in total. The maximum Gasteiger partial charge on any atom is 0.337 e. The SMILES string of the molecule is COC(=O)c1cccc(NC(=O)Nc2ccc(C#N)cc2)c1. The fourth-order valence-electron chi connectivity index (χ4n) is 1.76. The van der Waals surface area contributed by atoms with E-state index in [1.165, 1.54) is 13.2 Å². The Hall–Kier alpha value is -3.33. The number of carbonyl (C=O) groups excluding carboxylic acids is 2. The topological polar surface area (TPSA) is 91.2 Å². The van der Waals surface area contributed by atoms with Crippen LogP contribution < -0.4 is 10.6 Å². The van der Waals surface area contributed by atoms with Crippen molar-refractivity contribution in [3.8, 4) is 6.07 Å². The summed E-state index contributed by atoms with van der Waals surface area (Å²) in [5, 5.41) is 14.0. The Labute approximate surface area is 127 Å². The summed E-state index contributed by atoms with van der Waals surface area (Å²) in [6.45, 7) is 0. The largest absolute Gasteiger partial charge is 0.465 e. The number of amides is 2. The quantitative estimate of drug-likeness (QED) is 0.851. The van der Waals surface area contributed by atoms with Gasteiger partial charge >= 0.3 is 12.0 Å². The maximum atomic E-state index is 11.9. The number of ether oxygens (including phenoxy) is 1. The highest BCUT2D eigenvalue weighted by atomic mass is 16.5. The van der Waals surface area contributed by atoms with Gasteiger partial charge in [0.05, 0.1) is 24.3 Å². The van der Waals surface area contributed by atoms with E-state index in [0.29, 0.717) is 22.5 Å². The average Bonchev–Trinajstić information content (AvgIpc) is 2.55. The molecule has 0 heterocycles. The highest BCUT2D eigenvalue weighted by molar-refractivity contribution is 6.00. The Bertz CT molecular complexity index is 733. The smallest absolute Gasteiger partial charge is 0.337 e. The second kappa shape index (κ2) is 6.90. The zero-order valence-electron chi connectivity index (χ0n) is 11.8. The summed E-state index contributed by atoms with van der Waals surface area (Å²) < 4.78 is 4.62. The minimum atomic E-state index is -0.476. The standard InChI is InChI=1S/C16H13N3O3/c1-22-15(20)12-3-2-4-14(9-12)19-16(21)18-13-7-5-11(10-17)6-8-13/h2-9H,1H3,(H2,18,19,21). The van der Waals surface area contributed by atoms with Crippen LogP contribution in [0.15, 0.2) is 48.5 Å². The Kier molecular flexibility index (Phi) is 4.73. The van der Waals surface area contributed by atoms with E-state index in [1.807, 2.05) is 6.07 Å². The Morgan fingerprint density at radius 2 is 1.73 bits per heavy atom. The van der Waals surface area contributed by atoms with Crippen LogP contribution in [0.2, 0.25) is 0 Å². The molecule has 2 aromatic rings. The molecule has 0 radical (unpaired) electrons. The fraction of sp³-hybridized carbons (Fsp3) is 0.0625. The molecule has 0 fully saturated rings. The van der Waals surface area contributed by atoms with Crippen LogP contribution in [0.4, 0.5) is 16.2 Å². The van der Waals surface area contributed by atoms with Crippen molar-refractivity contribution >= 4 is 23.4 Å². The third kappa shape index (κ3) is 3.84. The van der Waals surface area contributed by atoms with Crippen molar-refractivity contribution < 1.29 is 14.3 Å². The molecular weight excluding hydrogens is 282 g/mol. The van der Waals surface area contributed by atoms with Gasteiger partial charge in [0.2, 0.25) is 0 Å². The molecule has 2 amide bonds. The van der Waals surface area contributed by atoms with E-state index in [0.717, 1.165) is 0 Å². The Morgan fingerprint density at radius 3 is 2.36 bits per heavy atom. The van der Waals surface area contributed by atoms with E-state index in [9.17, 15) is 9.59 Å². The van der Waals surface area contributed by atoms with Gasteiger partial charge < -0.3 is 15.4 Å². The van der Waals surface area contributed by atoms with Gasteiger partial charge in [-0.15, -0.1) is 0 Å². The second-order valence-electron chi connectivity index (χ2n) is 4.34. The highest BCUT2D eigenvalue weighted by Gasteiger charge is 2.07. The fourth-order valence-corrected chi connectivity index (χ4v) is 1.76. The van der Waals surface area contributed by atoms with Crippen LogP contribution in [0.25, 0.3) is 0 Å². The first-order valence-corrected chi connectivity index (χ1v) is 6.39. The molecule has 0 aliphatic heterocycles. The number of esters is 1. The van der Waals surface area contributed by atoms with Crippen molar-refractivity contribution in [2.24, 2.45) is 0 Å². The van der Waals surface area contributed by atoms with Crippen LogP contribution in [-0.2, 0) is 4.74 Å². The number of nitrogens with zero attached hydrogens (tertiary/aromatic N) is 1. The summed E-state index contributed by atoms with van der Waals surface area (Å²) in [6, 6.07) is 14.4. The van der Waals surface area contributed by atoms with E-state index in [-0.39, 0.29) is 0 Å². The average molecular weight is 295 g/mol. The van der Waals surface area contributed by atoms with Gasteiger partial charge in [-0.1, -0.05) is 6.07 Å². The molecule has 0 aromatic heterocycles. The van der Waals surface area contributed by atoms with Crippen LogP contribution in [-0.4, -0.2) is 19.1 Å². The van der Waals surface area contributed by atoms with Gasteiger partial charge in [0.1, 0.15) is 0 Å². The lowest BCUT2D eigenvalue weighted by Gasteiger charge is -2.08. The molecule has 110 valence electrons. The number of methoxy groups -OCH3 is 1. The number of nitrogens with one attached hydrogen (secondary N) is 2. The van der Waals surface area contributed by atoms with Crippen molar-refractivity contribution in [3.63, 3.8) is 0 Å². The molecule has 0 spiro atoms. The molecule has 6 heteroatoms. The first kappa shape index (κ1) is 15.1. The lowest BCUT2D eigenvalue weighted by Crippen LogP contribution is -2.19. The Balaban J connectivity index is 2.02. The molecule has 2 aromatic carbocycles. The summed E-state index contributed by atoms with van der Waals surface area (Å²) in [5.41, 5.74) is 1.88. The predicted octanol–water partition coefficient (Wildman–Crippen LogP) is 2.99. The molecule has 0 atom stereocenters. The van der Waals surface area contributed by atoms with Gasteiger partial charge in [0.15, 0.2) is 0 Å². The van der Waals surface area contributed by atoms with Gasteiger partial charge in [-0.25, -0.2) is 9.59 Å². The summed E-state index contributed by atoms with van der Waals surface area (Å²) in [7, 11) is 1.29. The monoisotopic (exact) mass is 295 g/mol. The van der Waals surface area contributed by atoms with Gasteiger partial charge in [-0.2, -0.15) is 5.26 Å². The number of hydrogen-bond acceptors (Lipinski definition) is 4. The van der Waals surface area contributed by atoms with Crippen molar-refractivity contribution in [1.29, 1.82) is 5.26 Å². The minimum Gasteiger partial charge on any atom is -0.465 e. The molecule has 0 saturated heterocycles. The van der Waals surface area contributed by atoms with Crippen LogP contribution in [0.1, 0.15) is 15.9 Å². The molecule has 0 aliphatic rings. The zero-order valence-corrected chi connectivity index (χ0v) is 11.8. The van der Waals surface area contributed by atoms with Crippen LogP contribution >= 0.6 is 0 Å². The normalized spacial score (nSPS) is 9.45. The van der Waals surface area contributed by atoms with Gasteiger partial charge in [0.25, 0.3) is 0 Å². The van der Waals surface area contributed by atoms with Crippen molar-refractivity contribution in [1.82, 2.24) is 0 Å². The number of urea groups is 1. The first-order valence-electron chi connectivity index (χ1n) is 6.39. The summed E-state index contributed by atoms with van der Waals surface area (Å²) in [5.74, 6) is -0.476. The zero-order chi connectivity index (χ0) is 15.9. The van der Waals surface area contributed by atoms with Crippen LogP contribution in [0.5, 0.6) is 0 Å². The molecule has 0 bridgehead atoms. The molecule has 2 rings (SSSR count). The van der Waals surface area contributed by atoms with E-state index in [1.54, 1.807) is 42.5 Å². The van der Waals surface area contributed by atoms with E-state index < -0.39 is 12.0 Å². The van der Waals surface area contributed by atoms with Crippen molar-refractivity contribution in [2.45, 2.75) is 0 Å². The van der Waals surface area contributed by atoms with E-state index in [2.05, 4.69) is 15.4 Å². The highest BCUT2D eigenvalue weighted by Crippen LogP contribution is 2.13. The number of hydrogen-bond donors (Lipinski definition) is 2. The number of benzene rings is 2. The van der Waals surface area contributed by atoms with Crippen molar-refractivity contribution in [2.75, 3.05) is 17.7 Å². The van der Waals surface area contributed by atoms with Gasteiger partial charge in [0, 0.05) is 11.4 Å². The van der Waals surface area contributed by atoms with Gasteiger partial charge in [-0.3, -0.25) is 0 Å². The number of anilines is 2. The van der Waals surface area contributed by atoms with E-state index >= 15 is 0 Å². The molecule has 0 saturated carbocycles. The minimum absolute atomic E-state index is 0.346. The predicted molar refractivity (Wildman–Crippen MR) is 81.6 cm³/mol. The summed E-state index contributed by atoms with van der Waals surface area (Å²) >= 11 is 0. The first-order chi connectivity index (χ1) is 10.6. The molecular formula is C16H13N3O3. The Morgan fingerprint density at radius 1 is 1.05 bits per heavy atom. The third-order valence-electron chi connectivity index (χ3n) is 2.81. The molecule has 0 unspecified atom stereocenters. The summed E-state index contributed by atoms with van der Waals surface area (Å²) in [6.07, 6.45) is 0. The van der Waals surface area contributed by atoms with Crippen molar-refractivity contribution in [3.05, 3.63) is 59.7 Å². The second-order valence-corrected chi connectivity index (χ2v) is 4.34. The molecule has 6 nitrogen and oxygen atoms in total. The lowest BCUT2D eigenvalue weighted by atomic mass is 10.2. The van der Waals surface area contributed by atoms with Crippen LogP contribution in [0.3, 0.4) is 0 Å². The lowest BCUT2D eigenvalue weighted by molar-refractivity contribution is 0.0600. The summed E-state index contributed by atoms with van der Waals surface area (Å²) in [4.78, 5) is 23.3. The molecule has 22 heavy (non-hydrogen) atoms. The maximum absolute atomic E-state index is 11.9. The van der Waals surface area contributed by atoms with Crippen LogP contribution in [0, 0.1) is 11.3 Å².